The van der Waals surface area contributed by atoms with E-state index in [0.717, 1.165) is 11.1 Å². The molecule has 2 rings (SSSR count). The zero-order valence-corrected chi connectivity index (χ0v) is 15.0. The number of phenols is 2. The van der Waals surface area contributed by atoms with Gasteiger partial charge >= 0.3 is 6.29 Å². The normalized spacial score (nSPS) is 9.84. The highest BCUT2D eigenvalue weighted by molar-refractivity contribution is 5.79. The van der Waals surface area contributed by atoms with Crippen molar-refractivity contribution in [1.82, 2.24) is 0 Å². The summed E-state index contributed by atoms with van der Waals surface area (Å²) in [4.78, 5) is 7.36. The predicted octanol–water partition coefficient (Wildman–Crippen LogP) is 2.28. The minimum absolute atomic E-state index is 0.188. The van der Waals surface area contributed by atoms with Crippen molar-refractivity contribution in [3.8, 4) is 11.5 Å². The predicted molar refractivity (Wildman–Crippen MR) is 97.2 cm³/mol. The summed E-state index contributed by atoms with van der Waals surface area (Å²) in [6, 6.07) is 10.8. The van der Waals surface area contributed by atoms with Gasteiger partial charge in [0, 0.05) is 0 Å². The summed E-state index contributed by atoms with van der Waals surface area (Å²) in [6.07, 6.45) is 1.49. The van der Waals surface area contributed by atoms with E-state index in [9.17, 15) is 10.2 Å². The fourth-order valence-corrected chi connectivity index (χ4v) is 1.77. The van der Waals surface area contributed by atoms with E-state index in [2.05, 4.69) is 21.5 Å². The Morgan fingerprint density at radius 1 is 1.00 bits per heavy atom. The number of rotatable bonds is 4. The van der Waals surface area contributed by atoms with Gasteiger partial charge in [0.05, 0.1) is 12.7 Å². The van der Waals surface area contributed by atoms with E-state index in [1.807, 2.05) is 32.0 Å². The minimum atomic E-state index is 0.188. The van der Waals surface area contributed by atoms with Gasteiger partial charge in [-0.25, -0.2) is 4.89 Å². The first-order valence-electron chi connectivity index (χ1n) is 7.48. The lowest BCUT2D eigenvalue weighted by molar-refractivity contribution is -0.282. The monoisotopic (exact) mass is 351 g/mol. The molecule has 0 amide bonds. The molecule has 0 radical (unpaired) electrons. The Bertz CT molecular complexity index is 658. The van der Waals surface area contributed by atoms with E-state index in [1.54, 1.807) is 18.2 Å². The SMILES string of the molecule is CN.COON.Cc1ccc(C=[O+]Cc2ccc(C)cc2O)c(O)c1. The topological polar surface area (TPSA) is 122 Å². The highest BCUT2D eigenvalue weighted by Gasteiger charge is 2.07. The molecule has 2 aromatic rings. The maximum absolute atomic E-state index is 9.74. The highest BCUT2D eigenvalue weighted by Crippen LogP contribution is 2.20. The van der Waals surface area contributed by atoms with Crippen molar-refractivity contribution < 1.29 is 24.5 Å². The quantitative estimate of drug-likeness (QED) is 0.290. The molecule has 0 fully saturated rings. The lowest BCUT2D eigenvalue weighted by Crippen LogP contribution is -1.93. The van der Waals surface area contributed by atoms with Gasteiger partial charge in [0.2, 0.25) is 0 Å². The van der Waals surface area contributed by atoms with Crippen LogP contribution in [0, 0.1) is 13.8 Å². The van der Waals surface area contributed by atoms with Crippen LogP contribution in [-0.4, -0.2) is 30.7 Å². The Morgan fingerprint density at radius 2 is 1.52 bits per heavy atom. The van der Waals surface area contributed by atoms with Crippen molar-refractivity contribution >= 4 is 6.29 Å². The molecule has 0 unspecified atom stereocenters. The molecule has 25 heavy (non-hydrogen) atoms. The van der Waals surface area contributed by atoms with E-state index in [1.165, 1.54) is 20.4 Å². The molecule has 138 valence electrons. The van der Waals surface area contributed by atoms with Crippen LogP contribution >= 0.6 is 0 Å². The van der Waals surface area contributed by atoms with Gasteiger partial charge in [-0.3, -0.25) is 4.42 Å². The van der Waals surface area contributed by atoms with Crippen molar-refractivity contribution in [3.05, 3.63) is 58.7 Å². The lowest BCUT2D eigenvalue weighted by Gasteiger charge is -1.98. The first kappa shape index (κ1) is 22.6. The Kier molecular flexibility index (Phi) is 11.6. The Hall–Kier alpha value is -2.45. The molecule has 7 nitrogen and oxygen atoms in total. The van der Waals surface area contributed by atoms with E-state index in [0.29, 0.717) is 11.1 Å². The van der Waals surface area contributed by atoms with Gasteiger partial charge < -0.3 is 15.9 Å². The molecule has 0 aliphatic carbocycles. The van der Waals surface area contributed by atoms with Crippen LogP contribution in [0.1, 0.15) is 26.7 Å². The molecule has 0 saturated heterocycles. The van der Waals surface area contributed by atoms with Gasteiger partial charge in [-0.15, -0.1) is 4.99 Å². The van der Waals surface area contributed by atoms with E-state index < -0.39 is 0 Å². The lowest BCUT2D eigenvalue weighted by atomic mass is 10.1. The molecule has 0 bridgehead atoms. The van der Waals surface area contributed by atoms with Gasteiger partial charge in [0.15, 0.2) is 0 Å². The van der Waals surface area contributed by atoms with Crippen LogP contribution in [0.4, 0.5) is 0 Å². The first-order valence-corrected chi connectivity index (χ1v) is 7.48. The third kappa shape index (κ3) is 8.83. The molecular formula is C18H27N2O5+. The fourth-order valence-electron chi connectivity index (χ4n) is 1.77. The molecule has 0 spiro atoms. The summed E-state index contributed by atoms with van der Waals surface area (Å²) in [5.74, 6) is 4.72. The van der Waals surface area contributed by atoms with Crippen molar-refractivity contribution in [1.29, 1.82) is 0 Å². The average Bonchev–Trinajstić information content (AvgIpc) is 2.60. The van der Waals surface area contributed by atoms with Gasteiger partial charge in [-0.05, 0) is 56.3 Å². The first-order chi connectivity index (χ1) is 12.0. The minimum Gasteiger partial charge on any atom is -0.507 e. The number of hydrogen-bond donors (Lipinski definition) is 4. The number of benzene rings is 2. The molecule has 0 atom stereocenters. The third-order valence-corrected chi connectivity index (χ3v) is 2.97. The summed E-state index contributed by atoms with van der Waals surface area (Å²) in [5, 5.41) is 19.5. The zero-order valence-electron chi connectivity index (χ0n) is 15.0. The highest BCUT2D eigenvalue weighted by atomic mass is 17.3. The number of aldehydes is 1. The molecule has 6 N–H and O–H groups in total. The number of hydrogen-bond acceptors (Lipinski definition) is 6. The number of aromatic hydroxyl groups is 2. The summed E-state index contributed by atoms with van der Waals surface area (Å²) >= 11 is 0. The van der Waals surface area contributed by atoms with Crippen LogP contribution in [0.3, 0.4) is 0 Å². The molecule has 0 aromatic heterocycles. The van der Waals surface area contributed by atoms with Crippen molar-refractivity contribution in [2.75, 3.05) is 14.2 Å². The Morgan fingerprint density at radius 3 is 2.00 bits per heavy atom. The molecule has 0 saturated carbocycles. The van der Waals surface area contributed by atoms with Crippen LogP contribution in [0.5, 0.6) is 11.5 Å². The van der Waals surface area contributed by atoms with Crippen molar-refractivity contribution in [3.63, 3.8) is 0 Å². The molecular weight excluding hydrogens is 324 g/mol. The van der Waals surface area contributed by atoms with Gasteiger partial charge in [-0.2, -0.15) is 5.90 Å². The average molecular weight is 351 g/mol. The number of phenolic OH excluding ortho intramolecular Hbond substituents is 2. The Labute approximate surface area is 148 Å². The second kappa shape index (κ2) is 12.9. The number of aryl methyl sites for hydroxylation is 2. The summed E-state index contributed by atoms with van der Waals surface area (Å²) in [5.41, 5.74) is 7.83. The van der Waals surface area contributed by atoms with Gasteiger partial charge in [-0.1, -0.05) is 12.1 Å². The van der Waals surface area contributed by atoms with E-state index in [-0.39, 0.29) is 18.1 Å². The third-order valence-electron chi connectivity index (χ3n) is 2.97. The summed E-state index contributed by atoms with van der Waals surface area (Å²) < 4.78 is 5.40. The summed E-state index contributed by atoms with van der Waals surface area (Å²) in [6.45, 7) is 4.09. The molecule has 0 aliphatic heterocycles. The van der Waals surface area contributed by atoms with Crippen molar-refractivity contribution in [2.24, 2.45) is 11.6 Å². The molecule has 7 heteroatoms. The zero-order chi connectivity index (χ0) is 19.2. The van der Waals surface area contributed by atoms with Gasteiger partial charge in [0.1, 0.15) is 17.1 Å². The maximum Gasteiger partial charge on any atom is 0.319 e. The standard InChI is InChI=1S/C16H16O3.CH5NO2.CH5N/c1-11-3-5-13(15(17)7-11)9-19-10-14-6-4-12(2)8-16(14)18;1-3-4-2;1-2/h3-9H,10H2,1-2H3,(H-,17,18);2H2,1H3;2H2,1H3/p+1. The van der Waals surface area contributed by atoms with Crippen LogP contribution in [0.15, 0.2) is 36.4 Å². The Balaban J connectivity index is 0.000000845. The van der Waals surface area contributed by atoms with E-state index >= 15 is 0 Å². The molecule has 0 aliphatic rings. The second-order valence-corrected chi connectivity index (χ2v) is 4.89. The fraction of sp³-hybridized carbons (Fsp3) is 0.278. The van der Waals surface area contributed by atoms with Crippen LogP contribution in [-0.2, 0) is 16.5 Å². The molecule has 2 aromatic carbocycles. The van der Waals surface area contributed by atoms with E-state index in [4.69, 9.17) is 4.42 Å². The van der Waals surface area contributed by atoms with Crippen LogP contribution in [0.2, 0.25) is 0 Å². The second-order valence-electron chi connectivity index (χ2n) is 4.89. The number of carbonyl (C=O) groups excluding carboxylic acids is 1. The van der Waals surface area contributed by atoms with Crippen LogP contribution in [0.25, 0.3) is 0 Å². The molecule has 0 heterocycles. The largest absolute Gasteiger partial charge is 0.507 e. The number of nitrogens with two attached hydrogens (primary N) is 2. The maximum atomic E-state index is 9.74. The van der Waals surface area contributed by atoms with Crippen molar-refractivity contribution in [2.45, 2.75) is 20.5 Å². The summed E-state index contributed by atoms with van der Waals surface area (Å²) in [7, 11) is 2.83. The van der Waals surface area contributed by atoms with Gasteiger partial charge in [0.25, 0.3) is 6.61 Å². The van der Waals surface area contributed by atoms with Crippen LogP contribution < -0.4 is 11.6 Å². The smallest absolute Gasteiger partial charge is 0.319 e.